The van der Waals surface area contributed by atoms with Gasteiger partial charge in [-0.25, -0.2) is 0 Å². The Morgan fingerprint density at radius 2 is 2.00 bits per heavy atom. The number of aryl methyl sites for hydroxylation is 1. The zero-order valence-corrected chi connectivity index (χ0v) is 12.1. The fraction of sp³-hybridized carbons (Fsp3) is 0.385. The molecule has 1 rings (SSSR count). The predicted octanol–water partition coefficient (Wildman–Crippen LogP) is 2.01. The highest BCUT2D eigenvalue weighted by molar-refractivity contribution is 9.10. The molecular formula is C13H17BrN2O2. The Bertz CT molecular complexity index is 447. The highest BCUT2D eigenvalue weighted by Crippen LogP contribution is 2.15. The number of carbonyl (C=O) groups is 2. The summed E-state index contributed by atoms with van der Waals surface area (Å²) >= 11 is 3.33. The number of nitrogens with one attached hydrogen (secondary N) is 2. The summed E-state index contributed by atoms with van der Waals surface area (Å²) < 4.78 is 0.863. The molecule has 2 N–H and O–H groups in total. The van der Waals surface area contributed by atoms with E-state index in [4.69, 9.17) is 0 Å². The zero-order valence-electron chi connectivity index (χ0n) is 10.5. The Morgan fingerprint density at radius 1 is 1.28 bits per heavy atom. The predicted molar refractivity (Wildman–Crippen MR) is 74.5 cm³/mol. The van der Waals surface area contributed by atoms with Gasteiger partial charge < -0.3 is 10.6 Å². The summed E-state index contributed by atoms with van der Waals surface area (Å²) in [5, 5.41) is 5.42. The lowest BCUT2D eigenvalue weighted by molar-refractivity contribution is -0.120. The maximum Gasteiger partial charge on any atom is 0.251 e. The molecule has 2 amide bonds. The van der Waals surface area contributed by atoms with Crippen molar-refractivity contribution in [2.45, 2.75) is 20.3 Å². The molecule has 0 unspecified atom stereocenters. The fourth-order valence-corrected chi connectivity index (χ4v) is 1.87. The van der Waals surface area contributed by atoms with E-state index in [1.165, 1.54) is 0 Å². The van der Waals surface area contributed by atoms with E-state index in [2.05, 4.69) is 26.6 Å². The van der Waals surface area contributed by atoms with E-state index in [1.54, 1.807) is 6.07 Å². The SMILES string of the molecule is CCNC(=O)CCNC(=O)c1cc(Br)ccc1C. The second-order valence-electron chi connectivity index (χ2n) is 3.92. The molecule has 0 aromatic heterocycles. The third-order valence-electron chi connectivity index (χ3n) is 2.46. The van der Waals surface area contributed by atoms with Gasteiger partial charge in [0, 0.05) is 29.5 Å². The van der Waals surface area contributed by atoms with Crippen LogP contribution in [-0.2, 0) is 4.79 Å². The summed E-state index contributed by atoms with van der Waals surface area (Å²) in [6, 6.07) is 5.54. The van der Waals surface area contributed by atoms with Crippen molar-refractivity contribution in [2.75, 3.05) is 13.1 Å². The lowest BCUT2D eigenvalue weighted by atomic mass is 10.1. The van der Waals surface area contributed by atoms with Crippen LogP contribution in [0.4, 0.5) is 0 Å². The van der Waals surface area contributed by atoms with E-state index in [-0.39, 0.29) is 11.8 Å². The second-order valence-corrected chi connectivity index (χ2v) is 4.83. The van der Waals surface area contributed by atoms with Crippen molar-refractivity contribution in [2.24, 2.45) is 0 Å². The molecule has 0 saturated heterocycles. The number of hydrogen-bond acceptors (Lipinski definition) is 2. The summed E-state index contributed by atoms with van der Waals surface area (Å²) in [6.45, 7) is 4.70. The monoisotopic (exact) mass is 312 g/mol. The minimum absolute atomic E-state index is 0.0521. The zero-order chi connectivity index (χ0) is 13.5. The number of benzene rings is 1. The van der Waals surface area contributed by atoms with Crippen molar-refractivity contribution < 1.29 is 9.59 Å². The van der Waals surface area contributed by atoms with E-state index in [0.29, 0.717) is 25.1 Å². The summed E-state index contributed by atoms with van der Waals surface area (Å²) in [7, 11) is 0. The largest absolute Gasteiger partial charge is 0.356 e. The van der Waals surface area contributed by atoms with E-state index in [0.717, 1.165) is 10.0 Å². The average Bonchev–Trinajstić information content (AvgIpc) is 2.32. The molecular weight excluding hydrogens is 296 g/mol. The van der Waals surface area contributed by atoms with Gasteiger partial charge in [0.25, 0.3) is 5.91 Å². The standard InChI is InChI=1S/C13H17BrN2O2/c1-3-15-12(17)6-7-16-13(18)11-8-10(14)5-4-9(11)2/h4-5,8H,3,6-7H2,1-2H3,(H,15,17)(H,16,18). The molecule has 0 bridgehead atoms. The van der Waals surface area contributed by atoms with Crippen LogP contribution >= 0.6 is 15.9 Å². The molecule has 1 aromatic rings. The van der Waals surface area contributed by atoms with Gasteiger partial charge in [0.05, 0.1) is 0 Å². The normalized spacial score (nSPS) is 9.94. The van der Waals surface area contributed by atoms with Crippen LogP contribution < -0.4 is 10.6 Å². The summed E-state index contributed by atoms with van der Waals surface area (Å²) in [6.07, 6.45) is 0.298. The highest BCUT2D eigenvalue weighted by Gasteiger charge is 2.09. The Balaban J connectivity index is 2.50. The molecule has 0 radical (unpaired) electrons. The van der Waals surface area contributed by atoms with Gasteiger partial charge in [-0.15, -0.1) is 0 Å². The number of amides is 2. The van der Waals surface area contributed by atoms with Crippen LogP contribution in [0.5, 0.6) is 0 Å². The topological polar surface area (TPSA) is 58.2 Å². The minimum atomic E-state index is -0.155. The van der Waals surface area contributed by atoms with Crippen LogP contribution in [0.25, 0.3) is 0 Å². The number of carbonyl (C=O) groups excluding carboxylic acids is 2. The lowest BCUT2D eigenvalue weighted by Gasteiger charge is -2.08. The van der Waals surface area contributed by atoms with Gasteiger partial charge >= 0.3 is 0 Å². The second kappa shape index (κ2) is 7.16. The Morgan fingerprint density at radius 3 is 2.67 bits per heavy atom. The van der Waals surface area contributed by atoms with Crippen molar-refractivity contribution in [3.8, 4) is 0 Å². The number of halogens is 1. The quantitative estimate of drug-likeness (QED) is 0.874. The van der Waals surface area contributed by atoms with E-state index in [9.17, 15) is 9.59 Å². The van der Waals surface area contributed by atoms with Crippen LogP contribution in [-0.4, -0.2) is 24.9 Å². The van der Waals surface area contributed by atoms with Crippen molar-refractivity contribution >= 4 is 27.7 Å². The van der Waals surface area contributed by atoms with Crippen LogP contribution in [0.1, 0.15) is 29.3 Å². The molecule has 98 valence electrons. The Kier molecular flexibility index (Phi) is 5.85. The first-order valence-electron chi connectivity index (χ1n) is 5.85. The molecule has 0 heterocycles. The van der Waals surface area contributed by atoms with Crippen molar-refractivity contribution in [3.63, 3.8) is 0 Å². The highest BCUT2D eigenvalue weighted by atomic mass is 79.9. The van der Waals surface area contributed by atoms with Gasteiger partial charge in [-0.2, -0.15) is 0 Å². The first kappa shape index (κ1) is 14.7. The molecule has 0 spiro atoms. The molecule has 1 aromatic carbocycles. The molecule has 0 aliphatic heterocycles. The Hall–Kier alpha value is -1.36. The first-order valence-corrected chi connectivity index (χ1v) is 6.65. The van der Waals surface area contributed by atoms with Gasteiger partial charge in [0.1, 0.15) is 0 Å². The van der Waals surface area contributed by atoms with Gasteiger partial charge in [0.2, 0.25) is 5.91 Å². The van der Waals surface area contributed by atoms with Crippen molar-refractivity contribution in [3.05, 3.63) is 33.8 Å². The van der Waals surface area contributed by atoms with Crippen LogP contribution in [0, 0.1) is 6.92 Å². The lowest BCUT2D eigenvalue weighted by Crippen LogP contribution is -2.30. The van der Waals surface area contributed by atoms with Crippen LogP contribution in [0.15, 0.2) is 22.7 Å². The van der Waals surface area contributed by atoms with Gasteiger partial charge in [-0.05, 0) is 31.5 Å². The van der Waals surface area contributed by atoms with Gasteiger partial charge in [0.15, 0.2) is 0 Å². The molecule has 5 heteroatoms. The summed E-state index contributed by atoms with van der Waals surface area (Å²) in [5.74, 6) is -0.207. The Labute approximate surface area is 115 Å². The number of hydrogen-bond donors (Lipinski definition) is 2. The average molecular weight is 313 g/mol. The van der Waals surface area contributed by atoms with Gasteiger partial charge in [-0.1, -0.05) is 22.0 Å². The molecule has 0 atom stereocenters. The van der Waals surface area contributed by atoms with Crippen LogP contribution in [0.3, 0.4) is 0 Å². The third kappa shape index (κ3) is 4.49. The maximum atomic E-state index is 11.9. The minimum Gasteiger partial charge on any atom is -0.356 e. The first-order chi connectivity index (χ1) is 8.54. The third-order valence-corrected chi connectivity index (χ3v) is 2.95. The summed E-state index contributed by atoms with van der Waals surface area (Å²) in [5.41, 5.74) is 1.54. The van der Waals surface area contributed by atoms with E-state index < -0.39 is 0 Å². The van der Waals surface area contributed by atoms with Crippen LogP contribution in [0.2, 0.25) is 0 Å². The smallest absolute Gasteiger partial charge is 0.251 e. The van der Waals surface area contributed by atoms with Crippen molar-refractivity contribution in [1.29, 1.82) is 0 Å². The van der Waals surface area contributed by atoms with E-state index >= 15 is 0 Å². The maximum absolute atomic E-state index is 11.9. The molecule has 0 aliphatic carbocycles. The number of rotatable bonds is 5. The molecule has 0 aliphatic rings. The van der Waals surface area contributed by atoms with Crippen molar-refractivity contribution in [1.82, 2.24) is 10.6 Å². The molecule has 0 fully saturated rings. The molecule has 4 nitrogen and oxygen atoms in total. The van der Waals surface area contributed by atoms with E-state index in [1.807, 2.05) is 26.0 Å². The summed E-state index contributed by atoms with van der Waals surface area (Å²) in [4.78, 5) is 23.1. The van der Waals surface area contributed by atoms with Gasteiger partial charge in [-0.3, -0.25) is 9.59 Å². The molecule has 18 heavy (non-hydrogen) atoms. The molecule has 0 saturated carbocycles. The fourth-order valence-electron chi connectivity index (χ4n) is 1.51.